The summed E-state index contributed by atoms with van der Waals surface area (Å²) in [7, 11) is -3.45. The Morgan fingerprint density at radius 2 is 1.64 bits per heavy atom. The van der Waals surface area contributed by atoms with Crippen LogP contribution in [0.5, 0.6) is 0 Å². The second kappa shape index (κ2) is 7.69. The van der Waals surface area contributed by atoms with Crippen molar-refractivity contribution in [3.63, 3.8) is 0 Å². The first-order chi connectivity index (χ1) is 13.5. The van der Waals surface area contributed by atoms with Gasteiger partial charge in [-0.05, 0) is 23.6 Å². The van der Waals surface area contributed by atoms with E-state index < -0.39 is 10.0 Å². The van der Waals surface area contributed by atoms with Gasteiger partial charge in [0.25, 0.3) is 5.56 Å². The lowest BCUT2D eigenvalue weighted by molar-refractivity contribution is 0.381. The van der Waals surface area contributed by atoms with Crippen molar-refractivity contribution < 1.29 is 8.42 Å². The minimum Gasteiger partial charge on any atom is -0.338 e. The molecule has 1 fully saturated rings. The summed E-state index contributed by atoms with van der Waals surface area (Å²) in [5.74, 6) is 0.509. The van der Waals surface area contributed by atoms with Gasteiger partial charge in [0.15, 0.2) is 0 Å². The highest BCUT2D eigenvalue weighted by Gasteiger charge is 2.27. The van der Waals surface area contributed by atoms with Gasteiger partial charge in [-0.15, -0.1) is 0 Å². The number of hydrogen-bond acceptors (Lipinski definition) is 6. The highest BCUT2D eigenvalue weighted by atomic mass is 32.2. The van der Waals surface area contributed by atoms with Crippen molar-refractivity contribution in [2.24, 2.45) is 0 Å². The smallest absolute Gasteiger partial charge is 0.258 e. The van der Waals surface area contributed by atoms with Crippen LogP contribution in [-0.2, 0) is 16.6 Å². The van der Waals surface area contributed by atoms with Crippen molar-refractivity contribution in [2.45, 2.75) is 6.54 Å². The third-order valence-corrected chi connectivity index (χ3v) is 6.79. The number of fused-ring (bicyclic) bond motifs is 1. The monoisotopic (exact) mass is 399 g/mol. The molecule has 0 atom stereocenters. The first-order valence-corrected chi connectivity index (χ1v) is 10.7. The molecule has 0 bridgehead atoms. The Labute approximate surface area is 163 Å². The van der Waals surface area contributed by atoms with E-state index in [2.05, 4.69) is 9.97 Å². The molecule has 0 amide bonds. The van der Waals surface area contributed by atoms with Crippen LogP contribution in [0.15, 0.2) is 59.8 Å². The van der Waals surface area contributed by atoms with Gasteiger partial charge in [0, 0.05) is 56.7 Å². The molecule has 1 aliphatic rings. The van der Waals surface area contributed by atoms with Gasteiger partial charge in [0.1, 0.15) is 0 Å². The maximum atomic E-state index is 12.7. The highest BCUT2D eigenvalue weighted by molar-refractivity contribution is 7.89. The minimum atomic E-state index is -3.45. The number of aromatic nitrogens is 3. The van der Waals surface area contributed by atoms with Gasteiger partial charge in [0.2, 0.25) is 16.0 Å². The second-order valence-corrected chi connectivity index (χ2v) is 8.74. The van der Waals surface area contributed by atoms with E-state index in [4.69, 9.17) is 0 Å². The summed E-state index contributed by atoms with van der Waals surface area (Å²) >= 11 is 0. The molecule has 0 unspecified atom stereocenters. The summed E-state index contributed by atoms with van der Waals surface area (Å²) in [4.78, 5) is 22.9. The van der Waals surface area contributed by atoms with E-state index in [9.17, 15) is 13.2 Å². The predicted octanol–water partition coefficient (Wildman–Crippen LogP) is 0.943. The fraction of sp³-hybridized carbons (Fsp3) is 0.316. The maximum absolute atomic E-state index is 12.7. The van der Waals surface area contributed by atoms with Crippen LogP contribution in [0.25, 0.3) is 10.8 Å². The molecule has 28 heavy (non-hydrogen) atoms. The van der Waals surface area contributed by atoms with E-state index in [0.29, 0.717) is 37.5 Å². The molecule has 3 aromatic rings. The van der Waals surface area contributed by atoms with Crippen molar-refractivity contribution >= 4 is 26.7 Å². The molecule has 0 aliphatic carbocycles. The van der Waals surface area contributed by atoms with Gasteiger partial charge in [-0.3, -0.25) is 4.79 Å². The second-order valence-electron chi connectivity index (χ2n) is 6.65. The standard InChI is InChI=1S/C19H21N5O3S/c25-18-17-5-2-1-4-16(17)6-9-22(18)14-15-28(26,27)24-12-10-23(11-13-24)19-20-7-3-8-21-19/h1-9H,10-15H2. The molecule has 0 radical (unpaired) electrons. The highest BCUT2D eigenvalue weighted by Crippen LogP contribution is 2.13. The van der Waals surface area contributed by atoms with Crippen LogP contribution >= 0.6 is 0 Å². The average Bonchev–Trinajstić information content (AvgIpc) is 2.74. The van der Waals surface area contributed by atoms with Crippen molar-refractivity contribution in [3.05, 3.63) is 65.3 Å². The molecule has 2 aromatic heterocycles. The van der Waals surface area contributed by atoms with Crippen molar-refractivity contribution in [1.29, 1.82) is 0 Å². The molecule has 1 aromatic carbocycles. The molecule has 0 saturated carbocycles. The quantitative estimate of drug-likeness (QED) is 0.635. The number of hydrogen-bond donors (Lipinski definition) is 0. The third-order valence-electron chi connectivity index (χ3n) is 4.94. The van der Waals surface area contributed by atoms with Crippen molar-refractivity contribution in [1.82, 2.24) is 18.8 Å². The first-order valence-electron chi connectivity index (χ1n) is 9.12. The van der Waals surface area contributed by atoms with Crippen LogP contribution in [-0.4, -0.2) is 59.2 Å². The van der Waals surface area contributed by atoms with Crippen LogP contribution in [0.3, 0.4) is 0 Å². The average molecular weight is 399 g/mol. The fourth-order valence-corrected chi connectivity index (χ4v) is 4.77. The predicted molar refractivity (Wildman–Crippen MR) is 108 cm³/mol. The summed E-state index contributed by atoms with van der Waals surface area (Å²) in [5.41, 5.74) is -0.167. The van der Waals surface area contributed by atoms with E-state index in [0.717, 1.165) is 5.39 Å². The molecule has 0 spiro atoms. The van der Waals surface area contributed by atoms with Crippen LogP contribution < -0.4 is 10.5 Å². The van der Waals surface area contributed by atoms with Gasteiger partial charge in [-0.1, -0.05) is 18.2 Å². The molecule has 8 nitrogen and oxygen atoms in total. The zero-order chi connectivity index (χ0) is 19.6. The number of aryl methyl sites for hydroxylation is 1. The van der Waals surface area contributed by atoms with Gasteiger partial charge in [-0.25, -0.2) is 18.4 Å². The Balaban J connectivity index is 1.41. The Morgan fingerprint density at radius 3 is 2.39 bits per heavy atom. The zero-order valence-corrected chi connectivity index (χ0v) is 16.1. The summed E-state index contributed by atoms with van der Waals surface area (Å²) < 4.78 is 28.4. The Bertz CT molecular complexity index is 1120. The summed E-state index contributed by atoms with van der Waals surface area (Å²) in [6, 6.07) is 10.9. The van der Waals surface area contributed by atoms with Crippen molar-refractivity contribution in [2.75, 3.05) is 36.8 Å². The van der Waals surface area contributed by atoms with Crippen LogP contribution in [0.2, 0.25) is 0 Å². The minimum absolute atomic E-state index is 0.104. The SMILES string of the molecule is O=c1c2ccccc2ccn1CCS(=O)(=O)N1CCN(c2ncccn2)CC1. The number of sulfonamides is 1. The number of piperazine rings is 1. The number of nitrogens with zero attached hydrogens (tertiary/aromatic N) is 5. The van der Waals surface area contributed by atoms with E-state index in [1.807, 2.05) is 23.1 Å². The molecule has 4 rings (SSSR count). The molecule has 146 valence electrons. The van der Waals surface area contributed by atoms with Crippen LogP contribution in [0.4, 0.5) is 5.95 Å². The van der Waals surface area contributed by atoms with E-state index in [1.54, 1.807) is 36.8 Å². The van der Waals surface area contributed by atoms with E-state index in [1.165, 1.54) is 8.87 Å². The molecular formula is C19H21N5O3S. The van der Waals surface area contributed by atoms with E-state index >= 15 is 0 Å². The Kier molecular flexibility index (Phi) is 5.10. The van der Waals surface area contributed by atoms with Gasteiger partial charge < -0.3 is 9.47 Å². The summed E-state index contributed by atoms with van der Waals surface area (Å²) in [6.07, 6.45) is 5.00. The molecule has 1 aliphatic heterocycles. The van der Waals surface area contributed by atoms with E-state index in [-0.39, 0.29) is 17.9 Å². The Hall–Kier alpha value is -2.78. The summed E-state index contributed by atoms with van der Waals surface area (Å²) in [6.45, 7) is 1.98. The van der Waals surface area contributed by atoms with Crippen molar-refractivity contribution in [3.8, 4) is 0 Å². The summed E-state index contributed by atoms with van der Waals surface area (Å²) in [5, 5.41) is 1.45. The molecule has 0 N–H and O–H groups in total. The molecule has 9 heteroatoms. The normalized spacial score (nSPS) is 15.8. The maximum Gasteiger partial charge on any atom is 0.258 e. The van der Waals surface area contributed by atoms with Gasteiger partial charge >= 0.3 is 0 Å². The molecular weight excluding hydrogens is 378 g/mol. The number of anilines is 1. The van der Waals surface area contributed by atoms with Crippen LogP contribution in [0.1, 0.15) is 0 Å². The Morgan fingerprint density at radius 1 is 0.929 bits per heavy atom. The number of benzene rings is 1. The number of rotatable bonds is 5. The lowest BCUT2D eigenvalue weighted by atomic mass is 10.2. The lowest BCUT2D eigenvalue weighted by Gasteiger charge is -2.33. The topological polar surface area (TPSA) is 88.4 Å². The van der Waals surface area contributed by atoms with Gasteiger partial charge in [-0.2, -0.15) is 4.31 Å². The zero-order valence-electron chi connectivity index (χ0n) is 15.3. The van der Waals surface area contributed by atoms with Crippen LogP contribution in [0, 0.1) is 0 Å². The number of pyridine rings is 1. The van der Waals surface area contributed by atoms with Gasteiger partial charge in [0.05, 0.1) is 5.75 Å². The third kappa shape index (κ3) is 3.76. The molecule has 1 saturated heterocycles. The molecule has 3 heterocycles. The fourth-order valence-electron chi connectivity index (χ4n) is 3.37. The first kappa shape index (κ1) is 18.6. The lowest BCUT2D eigenvalue weighted by Crippen LogP contribution is -2.50. The largest absolute Gasteiger partial charge is 0.338 e.